The molecule has 2 aliphatic heterocycles. The molecular weight excluding hydrogens is 362 g/mol. The van der Waals surface area contributed by atoms with E-state index in [-0.39, 0.29) is 11.8 Å². The van der Waals surface area contributed by atoms with Crippen LogP contribution in [0.1, 0.15) is 22.5 Å². The summed E-state index contributed by atoms with van der Waals surface area (Å²) >= 11 is 0. The summed E-state index contributed by atoms with van der Waals surface area (Å²) in [7, 11) is 1.60. The molecule has 146 valence electrons. The standard InChI is InChI=1S/C20H21N3O5/c1-26-16-6-3-2-5-14(16)15-13-18(28-21-15)20(25)23-10-8-22(9-11-23)19(24)17-7-4-12-27-17/h2-7,12,18H,8-11,13H2,1H3/t18-/m0/s1. The molecule has 0 saturated carbocycles. The molecule has 1 fully saturated rings. The fraction of sp³-hybridized carbons (Fsp3) is 0.350. The number of carbonyl (C=O) groups is 2. The average Bonchev–Trinajstić information content (AvgIpc) is 3.45. The molecule has 0 bridgehead atoms. The van der Waals surface area contributed by atoms with E-state index >= 15 is 0 Å². The van der Waals surface area contributed by atoms with E-state index in [4.69, 9.17) is 14.0 Å². The normalized spacial score (nSPS) is 19.2. The molecule has 4 rings (SSSR count). The molecule has 1 saturated heterocycles. The molecule has 0 radical (unpaired) electrons. The number of hydrogen-bond acceptors (Lipinski definition) is 6. The number of piperazine rings is 1. The summed E-state index contributed by atoms with van der Waals surface area (Å²) in [6.07, 6.45) is 1.22. The van der Waals surface area contributed by atoms with E-state index in [1.54, 1.807) is 29.0 Å². The van der Waals surface area contributed by atoms with Gasteiger partial charge in [0.2, 0.25) is 6.10 Å². The molecule has 0 unspecified atom stereocenters. The van der Waals surface area contributed by atoms with Crippen molar-refractivity contribution in [2.75, 3.05) is 33.3 Å². The van der Waals surface area contributed by atoms with E-state index in [2.05, 4.69) is 5.16 Å². The summed E-state index contributed by atoms with van der Waals surface area (Å²) in [5, 5.41) is 4.10. The predicted octanol–water partition coefficient (Wildman–Crippen LogP) is 1.77. The lowest BCUT2D eigenvalue weighted by Gasteiger charge is -2.35. The number of nitrogens with zero attached hydrogens (tertiary/aromatic N) is 3. The molecule has 8 nitrogen and oxygen atoms in total. The zero-order valence-electron chi connectivity index (χ0n) is 15.5. The Hall–Kier alpha value is -3.29. The third-order valence-corrected chi connectivity index (χ3v) is 4.97. The van der Waals surface area contributed by atoms with Gasteiger partial charge < -0.3 is 23.8 Å². The van der Waals surface area contributed by atoms with Gasteiger partial charge in [0.15, 0.2) is 5.76 Å². The van der Waals surface area contributed by atoms with Gasteiger partial charge in [0.25, 0.3) is 11.8 Å². The molecule has 2 aliphatic rings. The first-order chi connectivity index (χ1) is 13.7. The Balaban J connectivity index is 1.34. The Morgan fingerprint density at radius 1 is 1.07 bits per heavy atom. The fourth-order valence-corrected chi connectivity index (χ4v) is 3.44. The minimum absolute atomic E-state index is 0.112. The number of para-hydroxylation sites is 1. The van der Waals surface area contributed by atoms with Gasteiger partial charge in [-0.25, -0.2) is 0 Å². The Labute approximate surface area is 162 Å². The highest BCUT2D eigenvalue weighted by Crippen LogP contribution is 2.25. The highest BCUT2D eigenvalue weighted by atomic mass is 16.6. The summed E-state index contributed by atoms with van der Waals surface area (Å²) in [6, 6.07) is 10.8. The lowest BCUT2D eigenvalue weighted by Crippen LogP contribution is -2.52. The number of ether oxygens (including phenoxy) is 1. The second-order valence-corrected chi connectivity index (χ2v) is 6.63. The third kappa shape index (κ3) is 3.45. The van der Waals surface area contributed by atoms with Crippen LogP contribution in [0.25, 0.3) is 0 Å². The second-order valence-electron chi connectivity index (χ2n) is 6.63. The number of hydrogen-bond donors (Lipinski definition) is 0. The van der Waals surface area contributed by atoms with Gasteiger partial charge in [-0.2, -0.15) is 0 Å². The molecular formula is C20H21N3O5. The summed E-state index contributed by atoms with van der Waals surface area (Å²) < 4.78 is 10.5. The Bertz CT molecular complexity index is 885. The van der Waals surface area contributed by atoms with Crippen molar-refractivity contribution in [2.45, 2.75) is 12.5 Å². The van der Waals surface area contributed by atoms with Crippen LogP contribution in [0, 0.1) is 0 Å². The molecule has 0 spiro atoms. The zero-order valence-corrected chi connectivity index (χ0v) is 15.5. The molecule has 0 N–H and O–H groups in total. The molecule has 1 aromatic carbocycles. The van der Waals surface area contributed by atoms with Gasteiger partial charge in [-0.1, -0.05) is 17.3 Å². The first-order valence-electron chi connectivity index (χ1n) is 9.15. The lowest BCUT2D eigenvalue weighted by atomic mass is 10.0. The van der Waals surface area contributed by atoms with Crippen molar-refractivity contribution in [1.29, 1.82) is 0 Å². The Morgan fingerprint density at radius 2 is 1.82 bits per heavy atom. The second kappa shape index (κ2) is 7.75. The van der Waals surface area contributed by atoms with Crippen LogP contribution in [0.3, 0.4) is 0 Å². The number of methoxy groups -OCH3 is 1. The van der Waals surface area contributed by atoms with Crippen LogP contribution in [-0.4, -0.2) is 66.7 Å². The lowest BCUT2D eigenvalue weighted by molar-refractivity contribution is -0.143. The Kier molecular flexibility index (Phi) is 5.01. The van der Waals surface area contributed by atoms with Crippen molar-refractivity contribution < 1.29 is 23.6 Å². The molecule has 2 amide bonds. The predicted molar refractivity (Wildman–Crippen MR) is 100 cm³/mol. The maximum atomic E-state index is 12.8. The van der Waals surface area contributed by atoms with E-state index < -0.39 is 6.10 Å². The van der Waals surface area contributed by atoms with E-state index in [0.717, 1.165) is 5.56 Å². The van der Waals surface area contributed by atoms with E-state index in [0.29, 0.717) is 49.8 Å². The third-order valence-electron chi connectivity index (χ3n) is 4.97. The van der Waals surface area contributed by atoms with Crippen molar-refractivity contribution >= 4 is 17.5 Å². The number of furan rings is 1. The molecule has 0 aliphatic carbocycles. The first-order valence-corrected chi connectivity index (χ1v) is 9.15. The highest BCUT2D eigenvalue weighted by molar-refractivity contribution is 6.06. The van der Waals surface area contributed by atoms with Crippen LogP contribution >= 0.6 is 0 Å². The zero-order chi connectivity index (χ0) is 19.5. The maximum absolute atomic E-state index is 12.8. The van der Waals surface area contributed by atoms with Crippen molar-refractivity contribution in [1.82, 2.24) is 9.80 Å². The summed E-state index contributed by atoms with van der Waals surface area (Å²) in [5.74, 6) is 0.742. The van der Waals surface area contributed by atoms with Crippen LogP contribution in [0.4, 0.5) is 0 Å². The van der Waals surface area contributed by atoms with E-state index in [1.807, 2.05) is 24.3 Å². The fourth-order valence-electron chi connectivity index (χ4n) is 3.44. The first kappa shape index (κ1) is 18.1. The smallest absolute Gasteiger partial charge is 0.289 e. The van der Waals surface area contributed by atoms with Crippen LogP contribution in [0.2, 0.25) is 0 Å². The van der Waals surface area contributed by atoms with Crippen molar-refractivity contribution in [3.05, 3.63) is 54.0 Å². The monoisotopic (exact) mass is 383 g/mol. The summed E-state index contributed by atoms with van der Waals surface area (Å²) in [5.41, 5.74) is 1.52. The number of oxime groups is 1. The largest absolute Gasteiger partial charge is 0.496 e. The SMILES string of the molecule is COc1ccccc1C1=NO[C@H](C(=O)N2CCN(C(=O)c3ccco3)CC2)C1. The minimum atomic E-state index is -0.646. The maximum Gasteiger partial charge on any atom is 0.289 e. The van der Waals surface area contributed by atoms with Gasteiger partial charge in [0.1, 0.15) is 5.75 Å². The number of benzene rings is 1. The highest BCUT2D eigenvalue weighted by Gasteiger charge is 2.35. The van der Waals surface area contributed by atoms with E-state index in [1.165, 1.54) is 6.26 Å². The molecule has 1 aromatic heterocycles. The van der Waals surface area contributed by atoms with Crippen LogP contribution in [0.15, 0.2) is 52.2 Å². The molecule has 28 heavy (non-hydrogen) atoms. The van der Waals surface area contributed by atoms with Crippen molar-refractivity contribution in [2.24, 2.45) is 5.16 Å². The molecule has 2 aromatic rings. The van der Waals surface area contributed by atoms with Crippen LogP contribution < -0.4 is 4.74 Å². The topological polar surface area (TPSA) is 84.6 Å². The molecule has 1 atom stereocenters. The minimum Gasteiger partial charge on any atom is -0.496 e. The van der Waals surface area contributed by atoms with Gasteiger partial charge in [-0.15, -0.1) is 0 Å². The van der Waals surface area contributed by atoms with Gasteiger partial charge in [-0.05, 0) is 24.3 Å². The van der Waals surface area contributed by atoms with Gasteiger partial charge in [-0.3, -0.25) is 9.59 Å². The van der Waals surface area contributed by atoms with E-state index in [9.17, 15) is 9.59 Å². The van der Waals surface area contributed by atoms with Crippen molar-refractivity contribution in [3.63, 3.8) is 0 Å². The number of carbonyl (C=O) groups excluding carboxylic acids is 2. The van der Waals surface area contributed by atoms with Crippen LogP contribution in [-0.2, 0) is 9.63 Å². The van der Waals surface area contributed by atoms with Crippen LogP contribution in [0.5, 0.6) is 5.75 Å². The quantitative estimate of drug-likeness (QED) is 0.803. The summed E-state index contributed by atoms with van der Waals surface area (Å²) in [6.45, 7) is 1.82. The number of rotatable bonds is 4. The number of amides is 2. The van der Waals surface area contributed by atoms with Gasteiger partial charge in [0, 0.05) is 38.2 Å². The molecule has 3 heterocycles. The Morgan fingerprint density at radius 3 is 2.54 bits per heavy atom. The average molecular weight is 383 g/mol. The van der Waals surface area contributed by atoms with Crippen molar-refractivity contribution in [3.8, 4) is 5.75 Å². The van der Waals surface area contributed by atoms with Gasteiger partial charge >= 0.3 is 0 Å². The molecule has 8 heteroatoms. The van der Waals surface area contributed by atoms with Gasteiger partial charge in [0.05, 0.1) is 19.1 Å². The summed E-state index contributed by atoms with van der Waals surface area (Å²) in [4.78, 5) is 34.0.